The van der Waals surface area contributed by atoms with Gasteiger partial charge in [-0.15, -0.1) is 10.2 Å². The van der Waals surface area contributed by atoms with Crippen LogP contribution in [0.25, 0.3) is 5.69 Å². The van der Waals surface area contributed by atoms with Gasteiger partial charge in [0, 0.05) is 5.69 Å². The smallest absolute Gasteiger partial charge is 0.305 e. The SMILES string of the molecule is Cc1ccc(-n2cnnc2SCC(=O)NNC(=O)c2ccc(COc3ccccc3)o2)cc1C. The number of carbonyl (C=O) groups excluding carboxylic acids is 2. The summed E-state index contributed by atoms with van der Waals surface area (Å²) in [5.74, 6) is 0.325. The third-order valence-electron chi connectivity index (χ3n) is 4.94. The quantitative estimate of drug-likeness (QED) is 0.295. The van der Waals surface area contributed by atoms with Gasteiger partial charge in [-0.1, -0.05) is 36.0 Å². The fourth-order valence-electron chi connectivity index (χ4n) is 2.98. The standard InChI is InChI=1S/C24H23N5O4S/c1-16-8-9-18(12-17(16)2)29-15-25-28-24(29)34-14-22(30)26-27-23(31)21-11-10-20(33-21)13-32-19-6-4-3-5-7-19/h3-12,15H,13-14H2,1-2H3,(H,26,30)(H,27,31). The van der Waals surface area contributed by atoms with Crippen molar-refractivity contribution in [2.24, 2.45) is 0 Å². The molecule has 0 aliphatic rings. The Kier molecular flexibility index (Phi) is 7.28. The Morgan fingerprint density at radius 2 is 1.85 bits per heavy atom. The third-order valence-corrected chi connectivity index (χ3v) is 5.89. The lowest BCUT2D eigenvalue weighted by molar-refractivity contribution is -0.119. The Hall–Kier alpha value is -4.05. The molecule has 0 atom stereocenters. The summed E-state index contributed by atoms with van der Waals surface area (Å²) >= 11 is 1.21. The molecule has 10 heteroatoms. The van der Waals surface area contributed by atoms with Gasteiger partial charge in [-0.05, 0) is 61.4 Å². The lowest BCUT2D eigenvalue weighted by Crippen LogP contribution is -2.42. The first kappa shape index (κ1) is 23.1. The number of nitrogens with one attached hydrogen (secondary N) is 2. The molecule has 0 unspecified atom stereocenters. The number of benzene rings is 2. The molecule has 2 heterocycles. The molecule has 4 aromatic rings. The van der Waals surface area contributed by atoms with Gasteiger partial charge >= 0.3 is 5.91 Å². The van der Waals surface area contributed by atoms with Crippen LogP contribution >= 0.6 is 11.8 Å². The second-order valence-electron chi connectivity index (χ2n) is 7.41. The number of carbonyl (C=O) groups is 2. The number of ether oxygens (including phenoxy) is 1. The number of hydrogen-bond donors (Lipinski definition) is 2. The van der Waals surface area contributed by atoms with E-state index < -0.39 is 11.8 Å². The highest BCUT2D eigenvalue weighted by molar-refractivity contribution is 7.99. The third kappa shape index (κ3) is 5.84. The molecular weight excluding hydrogens is 454 g/mol. The van der Waals surface area contributed by atoms with Crippen LogP contribution in [0.1, 0.15) is 27.4 Å². The average Bonchev–Trinajstić information content (AvgIpc) is 3.52. The molecule has 9 nitrogen and oxygen atoms in total. The van der Waals surface area contributed by atoms with Gasteiger partial charge in [0.25, 0.3) is 0 Å². The van der Waals surface area contributed by atoms with E-state index in [1.807, 2.05) is 66.9 Å². The van der Waals surface area contributed by atoms with Crippen LogP contribution in [0.2, 0.25) is 0 Å². The molecule has 2 aromatic carbocycles. The molecule has 174 valence electrons. The van der Waals surface area contributed by atoms with Gasteiger partial charge in [0.2, 0.25) is 5.91 Å². The summed E-state index contributed by atoms with van der Waals surface area (Å²) < 4.78 is 12.9. The Morgan fingerprint density at radius 3 is 2.65 bits per heavy atom. The van der Waals surface area contributed by atoms with E-state index in [0.717, 1.165) is 11.3 Å². The lowest BCUT2D eigenvalue weighted by Gasteiger charge is -2.09. The van der Waals surface area contributed by atoms with E-state index in [9.17, 15) is 9.59 Å². The number of aromatic nitrogens is 3. The monoisotopic (exact) mass is 477 g/mol. The van der Waals surface area contributed by atoms with E-state index in [1.54, 1.807) is 12.4 Å². The number of hydrogen-bond acceptors (Lipinski definition) is 7. The number of hydrazine groups is 1. The highest BCUT2D eigenvalue weighted by Gasteiger charge is 2.14. The first-order chi connectivity index (χ1) is 16.5. The van der Waals surface area contributed by atoms with Crippen LogP contribution in [0.4, 0.5) is 0 Å². The minimum absolute atomic E-state index is 0.0398. The average molecular weight is 478 g/mol. The zero-order chi connectivity index (χ0) is 23.9. The van der Waals surface area contributed by atoms with Crippen LogP contribution in [0, 0.1) is 13.8 Å². The molecule has 0 saturated carbocycles. The molecule has 2 N–H and O–H groups in total. The zero-order valence-corrected chi connectivity index (χ0v) is 19.5. The van der Waals surface area contributed by atoms with Crippen molar-refractivity contribution in [3.05, 3.63) is 89.6 Å². The summed E-state index contributed by atoms with van der Waals surface area (Å²) in [6.45, 7) is 4.26. The van der Waals surface area contributed by atoms with Crippen molar-refractivity contribution >= 4 is 23.6 Å². The second kappa shape index (κ2) is 10.7. The van der Waals surface area contributed by atoms with Crippen LogP contribution in [0.15, 0.2) is 76.6 Å². The molecule has 0 fully saturated rings. The predicted octanol–water partition coefficient (Wildman–Crippen LogP) is 3.61. The lowest BCUT2D eigenvalue weighted by atomic mass is 10.1. The zero-order valence-electron chi connectivity index (χ0n) is 18.6. The second-order valence-corrected chi connectivity index (χ2v) is 8.35. The normalized spacial score (nSPS) is 10.6. The summed E-state index contributed by atoms with van der Waals surface area (Å²) in [5.41, 5.74) is 7.97. The van der Waals surface area contributed by atoms with E-state index in [4.69, 9.17) is 9.15 Å². The van der Waals surface area contributed by atoms with Crippen LogP contribution in [-0.2, 0) is 11.4 Å². The highest BCUT2D eigenvalue weighted by Crippen LogP contribution is 2.21. The molecule has 4 rings (SSSR count). The molecule has 0 aliphatic carbocycles. The molecule has 0 bridgehead atoms. The minimum atomic E-state index is -0.567. The number of aryl methyl sites for hydroxylation is 2. The van der Waals surface area contributed by atoms with E-state index >= 15 is 0 Å². The number of thioether (sulfide) groups is 1. The first-order valence-corrected chi connectivity index (χ1v) is 11.4. The number of rotatable bonds is 8. The van der Waals surface area contributed by atoms with Crippen molar-refractivity contribution in [3.8, 4) is 11.4 Å². The van der Waals surface area contributed by atoms with Crippen molar-refractivity contribution < 1.29 is 18.7 Å². The van der Waals surface area contributed by atoms with Crippen molar-refractivity contribution in [3.63, 3.8) is 0 Å². The van der Waals surface area contributed by atoms with Crippen LogP contribution < -0.4 is 15.6 Å². The summed E-state index contributed by atoms with van der Waals surface area (Å²) in [6.07, 6.45) is 1.60. The van der Waals surface area contributed by atoms with Gasteiger partial charge in [0.05, 0.1) is 5.75 Å². The Balaban J connectivity index is 1.25. The number of para-hydroxylation sites is 1. The fourth-order valence-corrected chi connectivity index (χ4v) is 3.71. The van der Waals surface area contributed by atoms with Gasteiger partial charge in [-0.2, -0.15) is 0 Å². The molecule has 2 amide bonds. The number of nitrogens with zero attached hydrogens (tertiary/aromatic N) is 3. The van der Waals surface area contributed by atoms with Crippen LogP contribution in [0.3, 0.4) is 0 Å². The number of furan rings is 1. The molecular formula is C24H23N5O4S. The Morgan fingerprint density at radius 1 is 1.03 bits per heavy atom. The van der Waals surface area contributed by atoms with Crippen molar-refractivity contribution in [2.75, 3.05) is 5.75 Å². The van der Waals surface area contributed by atoms with E-state index in [0.29, 0.717) is 16.7 Å². The highest BCUT2D eigenvalue weighted by atomic mass is 32.2. The van der Waals surface area contributed by atoms with Gasteiger partial charge in [-0.25, -0.2) is 0 Å². The number of amides is 2. The maximum absolute atomic E-state index is 12.3. The molecule has 34 heavy (non-hydrogen) atoms. The van der Waals surface area contributed by atoms with Gasteiger partial charge < -0.3 is 9.15 Å². The topological polar surface area (TPSA) is 111 Å². The summed E-state index contributed by atoms with van der Waals surface area (Å²) in [4.78, 5) is 24.5. The van der Waals surface area contributed by atoms with Gasteiger partial charge in [0.15, 0.2) is 10.9 Å². The van der Waals surface area contributed by atoms with E-state index in [2.05, 4.69) is 21.0 Å². The van der Waals surface area contributed by atoms with Crippen LogP contribution in [0.5, 0.6) is 5.75 Å². The largest absolute Gasteiger partial charge is 0.486 e. The summed E-state index contributed by atoms with van der Waals surface area (Å²) in [7, 11) is 0. The van der Waals surface area contributed by atoms with E-state index in [-0.39, 0.29) is 18.1 Å². The maximum Gasteiger partial charge on any atom is 0.305 e. The Bertz CT molecular complexity index is 1290. The van der Waals surface area contributed by atoms with Gasteiger partial charge in [-0.3, -0.25) is 25.0 Å². The Labute approximate surface area is 200 Å². The van der Waals surface area contributed by atoms with Crippen molar-refractivity contribution in [1.82, 2.24) is 25.6 Å². The van der Waals surface area contributed by atoms with E-state index in [1.165, 1.54) is 23.4 Å². The summed E-state index contributed by atoms with van der Waals surface area (Å²) in [5, 5.41) is 8.60. The molecule has 2 aromatic heterocycles. The molecule has 0 spiro atoms. The molecule has 0 radical (unpaired) electrons. The minimum Gasteiger partial charge on any atom is -0.486 e. The fraction of sp³-hybridized carbons (Fsp3) is 0.167. The van der Waals surface area contributed by atoms with Gasteiger partial charge in [0.1, 0.15) is 24.4 Å². The van der Waals surface area contributed by atoms with Crippen LogP contribution in [-0.4, -0.2) is 32.3 Å². The molecule has 0 aliphatic heterocycles. The predicted molar refractivity (Wildman–Crippen MR) is 127 cm³/mol. The molecule has 0 saturated heterocycles. The summed E-state index contributed by atoms with van der Waals surface area (Å²) in [6, 6.07) is 18.5. The van der Waals surface area contributed by atoms with Crippen molar-refractivity contribution in [1.29, 1.82) is 0 Å². The van der Waals surface area contributed by atoms with Crippen molar-refractivity contribution in [2.45, 2.75) is 25.6 Å². The first-order valence-electron chi connectivity index (χ1n) is 10.5. The maximum atomic E-state index is 12.3.